The molecule has 1 saturated carbocycles. The van der Waals surface area contributed by atoms with E-state index in [0.717, 1.165) is 31.2 Å². The van der Waals surface area contributed by atoms with Crippen LogP contribution in [-0.2, 0) is 6.42 Å². The van der Waals surface area contributed by atoms with Gasteiger partial charge in [0.05, 0.1) is 12.7 Å². The van der Waals surface area contributed by atoms with Gasteiger partial charge in [0.2, 0.25) is 0 Å². The molecule has 1 fully saturated rings. The molecule has 0 heterocycles. The number of ether oxygens (including phenoxy) is 1. The van der Waals surface area contributed by atoms with Gasteiger partial charge in [-0.05, 0) is 43.4 Å². The fourth-order valence-electron chi connectivity index (χ4n) is 1.64. The van der Waals surface area contributed by atoms with E-state index in [1.54, 1.807) is 6.07 Å². The van der Waals surface area contributed by atoms with Crippen molar-refractivity contribution in [2.45, 2.75) is 31.3 Å². The summed E-state index contributed by atoms with van der Waals surface area (Å²) in [5.74, 6) is -0.0679. The topological polar surface area (TPSA) is 29.5 Å². The average molecular weight is 210 g/mol. The van der Waals surface area contributed by atoms with Crippen molar-refractivity contribution in [2.24, 2.45) is 0 Å². The molecule has 1 aliphatic rings. The van der Waals surface area contributed by atoms with Gasteiger partial charge in [-0.1, -0.05) is 6.07 Å². The van der Waals surface area contributed by atoms with Gasteiger partial charge in [0.25, 0.3) is 0 Å². The van der Waals surface area contributed by atoms with Crippen LogP contribution < -0.4 is 4.74 Å². The first kappa shape index (κ1) is 10.4. The Bertz CT molecular complexity index is 359. The molecule has 0 amide bonds. The number of hydrogen-bond acceptors (Lipinski definition) is 2. The minimum atomic E-state index is -0.462. The van der Waals surface area contributed by atoms with E-state index >= 15 is 0 Å². The van der Waals surface area contributed by atoms with Gasteiger partial charge in [-0.25, -0.2) is 4.39 Å². The van der Waals surface area contributed by atoms with Crippen molar-refractivity contribution < 1.29 is 14.2 Å². The number of aliphatic hydroxyl groups is 1. The fraction of sp³-hybridized carbons (Fsp3) is 0.500. The third kappa shape index (κ3) is 2.48. The molecule has 1 N–H and O–H groups in total. The minimum absolute atomic E-state index is 0.267. The highest BCUT2D eigenvalue weighted by molar-refractivity contribution is 5.29. The summed E-state index contributed by atoms with van der Waals surface area (Å²) in [6, 6.07) is 4.94. The molecule has 0 saturated heterocycles. The second-order valence-electron chi connectivity index (χ2n) is 4.19. The molecule has 0 atom stereocenters. The van der Waals surface area contributed by atoms with Crippen LogP contribution in [0.3, 0.4) is 0 Å². The van der Waals surface area contributed by atoms with Crippen molar-refractivity contribution in [1.82, 2.24) is 0 Å². The van der Waals surface area contributed by atoms with Gasteiger partial charge in [0.15, 0.2) is 11.6 Å². The summed E-state index contributed by atoms with van der Waals surface area (Å²) in [5.41, 5.74) is 0.449. The normalized spacial score (nSPS) is 17.5. The molecule has 15 heavy (non-hydrogen) atoms. The van der Waals surface area contributed by atoms with Gasteiger partial charge < -0.3 is 9.84 Å². The highest BCUT2D eigenvalue weighted by atomic mass is 19.1. The Hall–Kier alpha value is -1.09. The molecule has 0 radical (unpaired) electrons. The standard InChI is InChI=1S/C12H15FO2/c1-15-11-3-2-9(8-10(11)13)4-5-12(14)6-7-12/h2-3,8,14H,4-7H2,1H3. The average Bonchev–Trinajstić information content (AvgIpc) is 2.95. The Balaban J connectivity index is 1.99. The SMILES string of the molecule is COc1ccc(CCC2(O)CC2)cc1F. The van der Waals surface area contributed by atoms with Gasteiger partial charge in [-0.3, -0.25) is 0 Å². The summed E-state index contributed by atoms with van der Waals surface area (Å²) in [5, 5.41) is 9.64. The molecule has 82 valence electrons. The van der Waals surface area contributed by atoms with Gasteiger partial charge in [-0.2, -0.15) is 0 Å². The molecular weight excluding hydrogens is 195 g/mol. The van der Waals surface area contributed by atoms with Gasteiger partial charge >= 0.3 is 0 Å². The first-order valence-electron chi connectivity index (χ1n) is 5.18. The molecule has 0 aromatic heterocycles. The van der Waals surface area contributed by atoms with Crippen LogP contribution in [0.5, 0.6) is 5.75 Å². The van der Waals surface area contributed by atoms with Crippen LogP contribution in [0.15, 0.2) is 18.2 Å². The zero-order valence-electron chi connectivity index (χ0n) is 8.79. The van der Waals surface area contributed by atoms with E-state index in [4.69, 9.17) is 4.74 Å². The highest BCUT2D eigenvalue weighted by Crippen LogP contribution is 2.39. The van der Waals surface area contributed by atoms with Crippen molar-refractivity contribution in [3.63, 3.8) is 0 Å². The maximum Gasteiger partial charge on any atom is 0.165 e. The summed E-state index contributed by atoms with van der Waals surface area (Å²) in [6.07, 6.45) is 3.20. The molecule has 0 aliphatic heterocycles. The first-order valence-corrected chi connectivity index (χ1v) is 5.18. The van der Waals surface area contributed by atoms with Crippen LogP contribution in [0, 0.1) is 5.82 Å². The second-order valence-corrected chi connectivity index (χ2v) is 4.19. The van der Waals surface area contributed by atoms with E-state index in [0.29, 0.717) is 0 Å². The largest absolute Gasteiger partial charge is 0.494 e. The van der Waals surface area contributed by atoms with Crippen LogP contribution in [0.4, 0.5) is 4.39 Å². The summed E-state index contributed by atoms with van der Waals surface area (Å²) >= 11 is 0. The van der Waals surface area contributed by atoms with Crippen LogP contribution >= 0.6 is 0 Å². The molecule has 2 rings (SSSR count). The summed E-state index contributed by atoms with van der Waals surface area (Å²) in [6.45, 7) is 0. The third-order valence-electron chi connectivity index (χ3n) is 2.92. The number of halogens is 1. The zero-order valence-corrected chi connectivity index (χ0v) is 8.79. The predicted molar refractivity (Wildman–Crippen MR) is 55.5 cm³/mol. The van der Waals surface area contributed by atoms with E-state index < -0.39 is 5.60 Å². The molecule has 0 unspecified atom stereocenters. The molecule has 1 aliphatic carbocycles. The smallest absolute Gasteiger partial charge is 0.165 e. The Morgan fingerprint density at radius 3 is 2.73 bits per heavy atom. The van der Waals surface area contributed by atoms with Crippen molar-refractivity contribution in [3.8, 4) is 5.75 Å². The van der Waals surface area contributed by atoms with E-state index in [9.17, 15) is 9.50 Å². The maximum atomic E-state index is 13.3. The van der Waals surface area contributed by atoms with E-state index in [1.165, 1.54) is 13.2 Å². The highest BCUT2D eigenvalue weighted by Gasteiger charge is 2.39. The van der Waals surface area contributed by atoms with Crippen molar-refractivity contribution in [2.75, 3.05) is 7.11 Å². The lowest BCUT2D eigenvalue weighted by molar-refractivity contribution is 0.140. The second kappa shape index (κ2) is 3.81. The van der Waals surface area contributed by atoms with Crippen LogP contribution in [-0.4, -0.2) is 17.8 Å². The van der Waals surface area contributed by atoms with E-state index in [1.807, 2.05) is 6.07 Å². The Labute approximate surface area is 88.7 Å². The van der Waals surface area contributed by atoms with Crippen LogP contribution in [0.25, 0.3) is 0 Å². The maximum absolute atomic E-state index is 13.3. The lowest BCUT2D eigenvalue weighted by Gasteiger charge is -2.08. The van der Waals surface area contributed by atoms with Crippen LogP contribution in [0.1, 0.15) is 24.8 Å². The van der Waals surface area contributed by atoms with E-state index in [-0.39, 0.29) is 11.6 Å². The number of methoxy groups -OCH3 is 1. The Morgan fingerprint density at radius 1 is 1.47 bits per heavy atom. The molecule has 3 heteroatoms. The third-order valence-corrected chi connectivity index (χ3v) is 2.92. The lowest BCUT2D eigenvalue weighted by Crippen LogP contribution is -2.07. The molecule has 2 nitrogen and oxygen atoms in total. The zero-order chi connectivity index (χ0) is 10.9. The van der Waals surface area contributed by atoms with E-state index in [2.05, 4.69) is 0 Å². The van der Waals surface area contributed by atoms with Gasteiger partial charge in [0.1, 0.15) is 0 Å². The molecule has 0 spiro atoms. The number of aryl methyl sites for hydroxylation is 1. The number of hydrogen-bond donors (Lipinski definition) is 1. The fourth-order valence-corrected chi connectivity index (χ4v) is 1.64. The van der Waals surface area contributed by atoms with Crippen molar-refractivity contribution >= 4 is 0 Å². The molecule has 1 aromatic carbocycles. The molecular formula is C12H15FO2. The van der Waals surface area contributed by atoms with Crippen molar-refractivity contribution in [1.29, 1.82) is 0 Å². The molecule has 0 bridgehead atoms. The Kier molecular flexibility index (Phi) is 2.65. The Morgan fingerprint density at radius 2 is 2.20 bits per heavy atom. The summed E-state index contributed by atoms with van der Waals surface area (Å²) in [7, 11) is 1.45. The quantitative estimate of drug-likeness (QED) is 0.826. The predicted octanol–water partition coefficient (Wildman–Crippen LogP) is 2.29. The first-order chi connectivity index (χ1) is 7.13. The summed E-state index contributed by atoms with van der Waals surface area (Å²) in [4.78, 5) is 0. The monoisotopic (exact) mass is 210 g/mol. The number of benzene rings is 1. The molecule has 1 aromatic rings. The van der Waals surface area contributed by atoms with Crippen molar-refractivity contribution in [3.05, 3.63) is 29.6 Å². The summed E-state index contributed by atoms with van der Waals surface area (Å²) < 4.78 is 18.1. The van der Waals surface area contributed by atoms with Gasteiger partial charge in [0, 0.05) is 0 Å². The lowest BCUT2D eigenvalue weighted by atomic mass is 10.1. The van der Waals surface area contributed by atoms with Gasteiger partial charge in [-0.15, -0.1) is 0 Å². The number of rotatable bonds is 4. The minimum Gasteiger partial charge on any atom is -0.494 e. The van der Waals surface area contributed by atoms with Crippen LogP contribution in [0.2, 0.25) is 0 Å².